The largest absolute Gasteiger partial charge is 0.550 e. The van der Waals surface area contributed by atoms with E-state index in [2.05, 4.69) is 18.8 Å². The van der Waals surface area contributed by atoms with Crippen LogP contribution in [0.3, 0.4) is 0 Å². The maximum absolute atomic E-state index is 10.5. The van der Waals surface area contributed by atoms with E-state index in [1.807, 2.05) is 24.3 Å². The van der Waals surface area contributed by atoms with Crippen molar-refractivity contribution < 1.29 is 14.6 Å². The maximum Gasteiger partial charge on any atom is 0.140 e. The van der Waals surface area contributed by atoms with Crippen LogP contribution in [0.15, 0.2) is 29.6 Å². The number of benzene rings is 1. The lowest BCUT2D eigenvalue weighted by molar-refractivity contribution is -0.304. The number of rotatable bonds is 6. The molecule has 4 nitrogen and oxygen atoms in total. The molecule has 20 heavy (non-hydrogen) atoms. The molecule has 1 aromatic heterocycles. The summed E-state index contributed by atoms with van der Waals surface area (Å²) >= 11 is 1.40. The van der Waals surface area contributed by atoms with Crippen LogP contribution in [0.4, 0.5) is 0 Å². The number of hydrogen-bond acceptors (Lipinski definition) is 5. The predicted octanol–water partition coefficient (Wildman–Crippen LogP) is 2.14. The molecule has 0 spiro atoms. The first-order valence-corrected chi connectivity index (χ1v) is 7.29. The number of nitrogens with zero attached hydrogens (tertiary/aromatic N) is 1. The van der Waals surface area contributed by atoms with Crippen molar-refractivity contribution in [3.63, 3.8) is 0 Å². The summed E-state index contributed by atoms with van der Waals surface area (Å²) in [5.41, 5.74) is 1.67. The molecule has 0 atom stereocenters. The van der Waals surface area contributed by atoms with Gasteiger partial charge >= 0.3 is 0 Å². The van der Waals surface area contributed by atoms with Gasteiger partial charge in [0.25, 0.3) is 0 Å². The molecule has 0 radical (unpaired) electrons. The van der Waals surface area contributed by atoms with Gasteiger partial charge in [-0.1, -0.05) is 32.0 Å². The zero-order valence-electron chi connectivity index (χ0n) is 11.5. The molecule has 0 amide bonds. The van der Waals surface area contributed by atoms with Gasteiger partial charge in [-0.2, -0.15) is 0 Å². The van der Waals surface area contributed by atoms with Crippen LogP contribution >= 0.6 is 11.3 Å². The maximum atomic E-state index is 10.5. The molecule has 5 heteroatoms. The Morgan fingerprint density at radius 2 is 2.15 bits per heavy atom. The standard InChI is InChI=1S/C15H17NO3S/c1-10(2)12-5-3-4-6-13(12)19-8-14-16-11(9-20-14)7-15(17)18/h3-6,9-10H,7-8H2,1-2H3,(H,17,18)/p-1. The van der Waals surface area contributed by atoms with E-state index in [1.54, 1.807) is 5.38 Å². The molecule has 0 saturated heterocycles. The Balaban J connectivity index is 2.02. The molecule has 0 aliphatic carbocycles. The van der Waals surface area contributed by atoms with Gasteiger partial charge in [0.2, 0.25) is 0 Å². The number of ether oxygens (including phenoxy) is 1. The SMILES string of the molecule is CC(C)c1ccccc1OCc1nc(CC(=O)[O-])cs1. The van der Waals surface area contributed by atoms with Crippen LogP contribution in [0.5, 0.6) is 5.75 Å². The molecule has 2 rings (SSSR count). The Morgan fingerprint density at radius 3 is 2.85 bits per heavy atom. The monoisotopic (exact) mass is 290 g/mol. The molecule has 0 aliphatic rings. The number of hydrogen-bond donors (Lipinski definition) is 0. The third-order valence-corrected chi connectivity index (χ3v) is 3.69. The van der Waals surface area contributed by atoms with Crippen molar-refractivity contribution in [1.29, 1.82) is 0 Å². The van der Waals surface area contributed by atoms with Gasteiger partial charge in [0.1, 0.15) is 17.4 Å². The lowest BCUT2D eigenvalue weighted by atomic mass is 10.0. The molecule has 0 unspecified atom stereocenters. The van der Waals surface area contributed by atoms with Crippen LogP contribution in [0.2, 0.25) is 0 Å². The highest BCUT2D eigenvalue weighted by Crippen LogP contribution is 2.26. The van der Waals surface area contributed by atoms with E-state index >= 15 is 0 Å². The average molecular weight is 290 g/mol. The van der Waals surface area contributed by atoms with Crippen molar-refractivity contribution in [3.8, 4) is 5.75 Å². The summed E-state index contributed by atoms with van der Waals surface area (Å²) in [7, 11) is 0. The fraction of sp³-hybridized carbons (Fsp3) is 0.333. The Hall–Kier alpha value is -1.88. The van der Waals surface area contributed by atoms with Crippen molar-refractivity contribution in [2.24, 2.45) is 0 Å². The van der Waals surface area contributed by atoms with Crippen molar-refractivity contribution in [1.82, 2.24) is 4.98 Å². The number of aliphatic carboxylic acids is 1. The van der Waals surface area contributed by atoms with Crippen molar-refractivity contribution >= 4 is 17.3 Å². The van der Waals surface area contributed by atoms with Gasteiger partial charge in [-0.05, 0) is 17.5 Å². The summed E-state index contributed by atoms with van der Waals surface area (Å²) in [5.74, 6) is 0.114. The molecule has 106 valence electrons. The number of carboxylic acid groups (broad SMARTS) is 1. The molecular weight excluding hydrogens is 274 g/mol. The highest BCUT2D eigenvalue weighted by molar-refractivity contribution is 7.09. The first-order valence-electron chi connectivity index (χ1n) is 6.41. The Bertz CT molecular complexity index is 592. The predicted molar refractivity (Wildman–Crippen MR) is 75.7 cm³/mol. The Labute approximate surface area is 122 Å². The van der Waals surface area contributed by atoms with Crippen LogP contribution in [0.1, 0.15) is 36.0 Å². The molecule has 1 aromatic carbocycles. The molecule has 0 bridgehead atoms. The molecule has 0 saturated carbocycles. The third kappa shape index (κ3) is 3.81. The minimum atomic E-state index is -1.12. The number of thiazole rings is 1. The van der Waals surface area contributed by atoms with E-state index in [0.29, 0.717) is 18.2 Å². The lowest BCUT2D eigenvalue weighted by Gasteiger charge is -2.12. The van der Waals surface area contributed by atoms with E-state index in [-0.39, 0.29) is 6.42 Å². The number of para-hydroxylation sites is 1. The smallest absolute Gasteiger partial charge is 0.140 e. The average Bonchev–Trinajstić information content (AvgIpc) is 2.83. The third-order valence-electron chi connectivity index (χ3n) is 2.82. The summed E-state index contributed by atoms with van der Waals surface area (Å²) in [5, 5.41) is 13.0. The van der Waals surface area contributed by atoms with E-state index in [4.69, 9.17) is 4.74 Å². The van der Waals surface area contributed by atoms with Gasteiger partial charge < -0.3 is 14.6 Å². The summed E-state index contributed by atoms with van der Waals surface area (Å²) in [6.07, 6.45) is -0.154. The quantitative estimate of drug-likeness (QED) is 0.817. The van der Waals surface area contributed by atoms with Gasteiger partial charge in [0.15, 0.2) is 0 Å². The second kappa shape index (κ2) is 6.52. The Morgan fingerprint density at radius 1 is 1.40 bits per heavy atom. The van der Waals surface area contributed by atoms with Crippen LogP contribution < -0.4 is 9.84 Å². The second-order valence-electron chi connectivity index (χ2n) is 4.76. The topological polar surface area (TPSA) is 62.2 Å². The summed E-state index contributed by atoms with van der Waals surface area (Å²) in [6, 6.07) is 7.91. The second-order valence-corrected chi connectivity index (χ2v) is 5.71. The van der Waals surface area contributed by atoms with E-state index < -0.39 is 5.97 Å². The molecule has 0 fully saturated rings. The molecule has 2 aromatic rings. The molecule has 0 N–H and O–H groups in total. The van der Waals surface area contributed by atoms with Crippen molar-refractivity contribution in [2.45, 2.75) is 32.8 Å². The minimum Gasteiger partial charge on any atom is -0.550 e. The van der Waals surface area contributed by atoms with Crippen molar-refractivity contribution in [2.75, 3.05) is 0 Å². The van der Waals surface area contributed by atoms with Gasteiger partial charge in [-0.15, -0.1) is 11.3 Å². The minimum absolute atomic E-state index is 0.154. The lowest BCUT2D eigenvalue weighted by Crippen LogP contribution is -2.24. The molecule has 1 heterocycles. The van der Waals surface area contributed by atoms with E-state index in [1.165, 1.54) is 11.3 Å². The first-order chi connectivity index (χ1) is 9.56. The molecular formula is C15H16NO3S-. The zero-order chi connectivity index (χ0) is 14.5. The first kappa shape index (κ1) is 14.5. The number of aromatic nitrogens is 1. The number of carbonyl (C=O) groups excluding carboxylic acids is 1. The van der Waals surface area contributed by atoms with Gasteiger partial charge in [-0.25, -0.2) is 4.98 Å². The van der Waals surface area contributed by atoms with Crippen LogP contribution in [-0.4, -0.2) is 11.0 Å². The van der Waals surface area contributed by atoms with E-state index in [9.17, 15) is 9.90 Å². The van der Waals surface area contributed by atoms with Crippen LogP contribution in [0.25, 0.3) is 0 Å². The number of carbonyl (C=O) groups is 1. The van der Waals surface area contributed by atoms with Crippen LogP contribution in [0, 0.1) is 0 Å². The summed E-state index contributed by atoms with van der Waals surface area (Å²) in [6.45, 7) is 4.58. The zero-order valence-corrected chi connectivity index (χ0v) is 12.3. The fourth-order valence-electron chi connectivity index (χ4n) is 1.87. The van der Waals surface area contributed by atoms with Gasteiger partial charge in [-0.3, -0.25) is 0 Å². The summed E-state index contributed by atoms with van der Waals surface area (Å²) in [4.78, 5) is 14.7. The van der Waals surface area contributed by atoms with Crippen LogP contribution in [-0.2, 0) is 17.8 Å². The Kier molecular flexibility index (Phi) is 4.74. The van der Waals surface area contributed by atoms with Crippen molar-refractivity contribution in [3.05, 3.63) is 45.9 Å². The normalized spacial score (nSPS) is 10.8. The summed E-state index contributed by atoms with van der Waals surface area (Å²) < 4.78 is 5.79. The number of carboxylic acids is 1. The van der Waals surface area contributed by atoms with Gasteiger partial charge in [0, 0.05) is 17.8 Å². The highest BCUT2D eigenvalue weighted by Gasteiger charge is 2.08. The highest BCUT2D eigenvalue weighted by atomic mass is 32.1. The fourth-order valence-corrected chi connectivity index (χ4v) is 2.58. The van der Waals surface area contributed by atoms with Gasteiger partial charge in [0.05, 0.1) is 5.69 Å². The van der Waals surface area contributed by atoms with E-state index in [0.717, 1.165) is 16.3 Å². The molecule has 0 aliphatic heterocycles.